The van der Waals surface area contributed by atoms with Crippen molar-refractivity contribution >= 4 is 5.96 Å². The normalized spacial score (nSPS) is 15.8. The summed E-state index contributed by atoms with van der Waals surface area (Å²) in [6.45, 7) is 3.97. The highest BCUT2D eigenvalue weighted by atomic mass is 19.1. The van der Waals surface area contributed by atoms with Gasteiger partial charge in [0.15, 0.2) is 29.0 Å². The van der Waals surface area contributed by atoms with Crippen LogP contribution in [0.15, 0.2) is 41.4 Å². The maximum absolute atomic E-state index is 13.6. The van der Waals surface area contributed by atoms with E-state index in [1.807, 2.05) is 18.2 Å². The third-order valence-electron chi connectivity index (χ3n) is 5.44. The van der Waals surface area contributed by atoms with Gasteiger partial charge in [0.25, 0.3) is 0 Å². The average molecular weight is 447 g/mol. The molecule has 0 aromatic heterocycles. The summed E-state index contributed by atoms with van der Waals surface area (Å²) in [6, 6.07) is 10.3. The Kier molecular flexibility index (Phi) is 8.52. The zero-order valence-electron chi connectivity index (χ0n) is 18.7. The first-order chi connectivity index (χ1) is 15.5. The molecule has 3 N–H and O–H groups in total. The number of methoxy groups -OCH3 is 2. The summed E-state index contributed by atoms with van der Waals surface area (Å²) in [5, 5.41) is 15.9. The highest BCUT2D eigenvalue weighted by molar-refractivity contribution is 5.79. The summed E-state index contributed by atoms with van der Waals surface area (Å²) in [4.78, 5) is 6.64. The molecule has 1 unspecified atom stereocenters. The zero-order chi connectivity index (χ0) is 22.9. The molecule has 3 rings (SSSR count). The first-order valence-corrected chi connectivity index (χ1v) is 10.5. The van der Waals surface area contributed by atoms with Crippen LogP contribution >= 0.6 is 0 Å². The van der Waals surface area contributed by atoms with Crippen LogP contribution in [0.25, 0.3) is 0 Å². The molecule has 2 aromatic carbocycles. The molecule has 9 heteroatoms. The molecule has 0 spiro atoms. The van der Waals surface area contributed by atoms with Gasteiger partial charge in [-0.05, 0) is 35.4 Å². The lowest BCUT2D eigenvalue weighted by atomic mass is 10.0. The summed E-state index contributed by atoms with van der Waals surface area (Å²) < 4.78 is 30.0. The fourth-order valence-electron chi connectivity index (χ4n) is 3.67. The van der Waals surface area contributed by atoms with Crippen molar-refractivity contribution in [3.63, 3.8) is 0 Å². The van der Waals surface area contributed by atoms with Crippen molar-refractivity contribution in [3.05, 3.63) is 53.3 Å². The van der Waals surface area contributed by atoms with Crippen molar-refractivity contribution < 1.29 is 23.7 Å². The standard InChI is InChI=1S/C23H31FN4O4/c1-25-23(26-14-16-4-6-20(29)18(24)12-16)27-15-19(28-8-10-32-11-9-28)17-5-7-21(30-2)22(13-17)31-3/h4-7,12-13,19,29H,8-11,14-15H2,1-3H3,(H2,25,26,27). The number of halogens is 1. The Morgan fingerprint density at radius 3 is 2.53 bits per heavy atom. The van der Waals surface area contributed by atoms with Crippen LogP contribution < -0.4 is 20.1 Å². The summed E-state index contributed by atoms with van der Waals surface area (Å²) >= 11 is 0. The van der Waals surface area contributed by atoms with Gasteiger partial charge in [-0.15, -0.1) is 0 Å². The topological polar surface area (TPSA) is 87.6 Å². The van der Waals surface area contributed by atoms with Gasteiger partial charge in [-0.1, -0.05) is 12.1 Å². The van der Waals surface area contributed by atoms with Crippen molar-refractivity contribution in [3.8, 4) is 17.2 Å². The Balaban J connectivity index is 1.70. The number of hydrogen-bond donors (Lipinski definition) is 3. The van der Waals surface area contributed by atoms with E-state index in [-0.39, 0.29) is 11.8 Å². The number of benzene rings is 2. The van der Waals surface area contributed by atoms with Gasteiger partial charge in [-0.3, -0.25) is 9.89 Å². The molecule has 0 saturated carbocycles. The molecule has 0 radical (unpaired) electrons. The van der Waals surface area contributed by atoms with Crippen LogP contribution in [0.2, 0.25) is 0 Å². The van der Waals surface area contributed by atoms with E-state index in [4.69, 9.17) is 14.2 Å². The molecular formula is C23H31FN4O4. The minimum atomic E-state index is -0.645. The smallest absolute Gasteiger partial charge is 0.191 e. The Morgan fingerprint density at radius 1 is 1.12 bits per heavy atom. The summed E-state index contributed by atoms with van der Waals surface area (Å²) in [5.74, 6) is 0.952. The molecule has 1 saturated heterocycles. The quantitative estimate of drug-likeness (QED) is 0.424. The lowest BCUT2D eigenvalue weighted by Gasteiger charge is -2.35. The second kappa shape index (κ2) is 11.5. The fourth-order valence-corrected chi connectivity index (χ4v) is 3.67. The van der Waals surface area contributed by atoms with Gasteiger partial charge in [0.2, 0.25) is 0 Å². The molecule has 1 fully saturated rings. The van der Waals surface area contributed by atoms with Gasteiger partial charge in [0, 0.05) is 33.2 Å². The number of rotatable bonds is 8. The number of aliphatic imine (C=N–C) groups is 1. The molecule has 0 bridgehead atoms. The lowest BCUT2D eigenvalue weighted by Crippen LogP contribution is -2.46. The van der Waals surface area contributed by atoms with Crippen LogP contribution in [0, 0.1) is 5.82 Å². The van der Waals surface area contributed by atoms with Crippen molar-refractivity contribution in [1.82, 2.24) is 15.5 Å². The van der Waals surface area contributed by atoms with E-state index in [1.54, 1.807) is 27.3 Å². The van der Waals surface area contributed by atoms with Gasteiger partial charge in [0.05, 0.1) is 33.5 Å². The largest absolute Gasteiger partial charge is 0.505 e. The van der Waals surface area contributed by atoms with Crippen LogP contribution in [-0.4, -0.2) is 70.1 Å². The maximum Gasteiger partial charge on any atom is 0.191 e. The second-order valence-electron chi connectivity index (χ2n) is 7.37. The van der Waals surface area contributed by atoms with Crippen molar-refractivity contribution in [2.75, 3.05) is 54.1 Å². The van der Waals surface area contributed by atoms with Gasteiger partial charge in [0.1, 0.15) is 0 Å². The predicted molar refractivity (Wildman–Crippen MR) is 121 cm³/mol. The van der Waals surface area contributed by atoms with E-state index in [0.29, 0.717) is 49.3 Å². The third-order valence-corrected chi connectivity index (χ3v) is 5.44. The van der Waals surface area contributed by atoms with Crippen LogP contribution in [-0.2, 0) is 11.3 Å². The number of morpholine rings is 1. The summed E-state index contributed by atoms with van der Waals surface area (Å²) in [6.07, 6.45) is 0. The molecule has 174 valence electrons. The number of phenolic OH excluding ortho intramolecular Hbond substituents is 1. The molecule has 1 atom stereocenters. The summed E-state index contributed by atoms with van der Waals surface area (Å²) in [5.41, 5.74) is 1.79. The maximum atomic E-state index is 13.6. The highest BCUT2D eigenvalue weighted by Crippen LogP contribution is 2.32. The van der Waals surface area contributed by atoms with Crippen LogP contribution in [0.4, 0.5) is 4.39 Å². The molecule has 8 nitrogen and oxygen atoms in total. The average Bonchev–Trinajstić information content (AvgIpc) is 2.83. The highest BCUT2D eigenvalue weighted by Gasteiger charge is 2.24. The van der Waals surface area contributed by atoms with E-state index in [0.717, 1.165) is 18.7 Å². The number of aromatic hydroxyl groups is 1. The lowest BCUT2D eigenvalue weighted by molar-refractivity contribution is 0.0169. The Bertz CT molecular complexity index is 919. The Hall–Kier alpha value is -3.04. The van der Waals surface area contributed by atoms with Crippen molar-refractivity contribution in [2.24, 2.45) is 4.99 Å². The van der Waals surface area contributed by atoms with Gasteiger partial charge in [-0.25, -0.2) is 4.39 Å². The molecule has 1 heterocycles. The predicted octanol–water partition coefficient (Wildman–Crippen LogP) is 2.29. The van der Waals surface area contributed by atoms with E-state index in [1.165, 1.54) is 12.1 Å². The molecule has 1 aliphatic rings. The van der Waals surface area contributed by atoms with Crippen LogP contribution in [0.1, 0.15) is 17.2 Å². The van der Waals surface area contributed by atoms with Crippen LogP contribution in [0.5, 0.6) is 17.2 Å². The number of ether oxygens (including phenoxy) is 3. The molecule has 0 aliphatic carbocycles. The second-order valence-corrected chi connectivity index (χ2v) is 7.37. The molecule has 32 heavy (non-hydrogen) atoms. The molecule has 0 amide bonds. The number of nitrogens with zero attached hydrogens (tertiary/aromatic N) is 2. The minimum absolute atomic E-state index is 0.0587. The van der Waals surface area contributed by atoms with Crippen molar-refractivity contribution in [2.45, 2.75) is 12.6 Å². The number of nitrogens with one attached hydrogen (secondary N) is 2. The van der Waals surface area contributed by atoms with Crippen LogP contribution in [0.3, 0.4) is 0 Å². The molecular weight excluding hydrogens is 415 g/mol. The monoisotopic (exact) mass is 446 g/mol. The zero-order valence-corrected chi connectivity index (χ0v) is 18.7. The molecule has 1 aliphatic heterocycles. The number of hydrogen-bond acceptors (Lipinski definition) is 6. The Morgan fingerprint density at radius 2 is 1.88 bits per heavy atom. The van der Waals surface area contributed by atoms with Crippen molar-refractivity contribution in [1.29, 1.82) is 0 Å². The van der Waals surface area contributed by atoms with Gasteiger partial charge >= 0.3 is 0 Å². The van der Waals surface area contributed by atoms with Gasteiger partial charge < -0.3 is 30.0 Å². The first-order valence-electron chi connectivity index (χ1n) is 10.5. The van der Waals surface area contributed by atoms with E-state index in [2.05, 4.69) is 20.5 Å². The van der Waals surface area contributed by atoms with E-state index < -0.39 is 5.82 Å². The Labute approximate surface area is 188 Å². The third kappa shape index (κ3) is 6.02. The van der Waals surface area contributed by atoms with E-state index in [9.17, 15) is 9.50 Å². The minimum Gasteiger partial charge on any atom is -0.505 e. The van der Waals surface area contributed by atoms with Gasteiger partial charge in [-0.2, -0.15) is 0 Å². The first kappa shape index (κ1) is 23.6. The fraction of sp³-hybridized carbons (Fsp3) is 0.435. The molecule has 2 aromatic rings. The summed E-state index contributed by atoms with van der Waals surface area (Å²) in [7, 11) is 4.93. The number of phenols is 1. The SMILES string of the molecule is CN=C(NCc1ccc(O)c(F)c1)NCC(c1ccc(OC)c(OC)c1)N1CCOCC1. The number of guanidine groups is 1. The van der Waals surface area contributed by atoms with E-state index >= 15 is 0 Å².